The van der Waals surface area contributed by atoms with Crippen molar-refractivity contribution in [2.24, 2.45) is 0 Å². The molecule has 0 saturated carbocycles. The number of halogens is 1. The normalized spacial score (nSPS) is 10.2. The van der Waals surface area contributed by atoms with Crippen LogP contribution in [0.5, 0.6) is 11.5 Å². The first-order chi connectivity index (χ1) is 7.51. The monoisotopic (exact) mass is 244 g/mol. The second kappa shape index (κ2) is 5.07. The smallest absolute Gasteiger partial charge is 0.308 e. The van der Waals surface area contributed by atoms with Gasteiger partial charge in [0.2, 0.25) is 0 Å². The van der Waals surface area contributed by atoms with Crippen molar-refractivity contribution in [3.05, 3.63) is 22.2 Å². The van der Waals surface area contributed by atoms with E-state index in [-0.39, 0.29) is 23.5 Å². The summed E-state index contributed by atoms with van der Waals surface area (Å²) < 4.78 is 4.96. The van der Waals surface area contributed by atoms with E-state index in [1.165, 1.54) is 7.11 Å². The van der Waals surface area contributed by atoms with Crippen molar-refractivity contribution in [2.45, 2.75) is 19.8 Å². The van der Waals surface area contributed by atoms with E-state index < -0.39 is 5.97 Å². The Morgan fingerprint density at radius 3 is 2.62 bits per heavy atom. The van der Waals surface area contributed by atoms with Crippen LogP contribution >= 0.6 is 11.6 Å². The zero-order valence-corrected chi connectivity index (χ0v) is 9.84. The lowest BCUT2D eigenvalue weighted by Crippen LogP contribution is -2.03. The van der Waals surface area contributed by atoms with Crippen LogP contribution in [-0.4, -0.2) is 23.3 Å². The van der Waals surface area contributed by atoms with Crippen molar-refractivity contribution in [3.8, 4) is 11.5 Å². The Morgan fingerprint density at radius 1 is 1.56 bits per heavy atom. The molecule has 0 saturated heterocycles. The first-order valence-corrected chi connectivity index (χ1v) is 5.18. The number of ether oxygens (including phenoxy) is 1. The second-order valence-corrected chi connectivity index (χ2v) is 3.68. The third-order valence-corrected chi connectivity index (χ3v) is 2.77. The number of methoxy groups -OCH3 is 1. The van der Waals surface area contributed by atoms with E-state index >= 15 is 0 Å². The van der Waals surface area contributed by atoms with E-state index in [1.807, 2.05) is 6.92 Å². The van der Waals surface area contributed by atoms with Crippen molar-refractivity contribution in [2.75, 3.05) is 7.11 Å². The molecule has 0 amide bonds. The summed E-state index contributed by atoms with van der Waals surface area (Å²) in [5.41, 5.74) is 0.956. The van der Waals surface area contributed by atoms with Crippen LogP contribution in [0.15, 0.2) is 6.07 Å². The first kappa shape index (κ1) is 12.6. The second-order valence-electron chi connectivity index (χ2n) is 3.30. The summed E-state index contributed by atoms with van der Waals surface area (Å²) in [4.78, 5) is 10.7. The third-order valence-electron chi connectivity index (χ3n) is 2.30. The number of hydrogen-bond acceptors (Lipinski definition) is 3. The Balaban J connectivity index is 3.36. The third kappa shape index (κ3) is 2.39. The number of hydrogen-bond donors (Lipinski definition) is 2. The SMILES string of the molecule is CCc1cc(OC)c(O)c(CC(=O)O)c1Cl. The average molecular weight is 245 g/mol. The van der Waals surface area contributed by atoms with Crippen molar-refractivity contribution in [1.82, 2.24) is 0 Å². The van der Waals surface area contributed by atoms with Crippen LogP contribution in [0, 0.1) is 0 Å². The average Bonchev–Trinajstić information content (AvgIpc) is 2.24. The molecule has 0 heterocycles. The summed E-state index contributed by atoms with van der Waals surface area (Å²) in [5.74, 6) is -1.00. The molecule has 1 aromatic rings. The lowest BCUT2D eigenvalue weighted by molar-refractivity contribution is -0.136. The van der Waals surface area contributed by atoms with Gasteiger partial charge in [0.25, 0.3) is 0 Å². The van der Waals surface area contributed by atoms with Crippen LogP contribution in [-0.2, 0) is 17.6 Å². The molecule has 0 bridgehead atoms. The number of phenols is 1. The molecule has 4 nitrogen and oxygen atoms in total. The van der Waals surface area contributed by atoms with Gasteiger partial charge < -0.3 is 14.9 Å². The summed E-state index contributed by atoms with van der Waals surface area (Å²) in [5, 5.41) is 18.8. The maximum absolute atomic E-state index is 10.7. The highest BCUT2D eigenvalue weighted by atomic mass is 35.5. The maximum Gasteiger partial charge on any atom is 0.308 e. The van der Waals surface area contributed by atoms with Crippen molar-refractivity contribution < 1.29 is 19.7 Å². The van der Waals surface area contributed by atoms with E-state index in [2.05, 4.69) is 0 Å². The van der Waals surface area contributed by atoms with Gasteiger partial charge in [0, 0.05) is 5.56 Å². The molecule has 1 rings (SSSR count). The molecule has 16 heavy (non-hydrogen) atoms. The van der Waals surface area contributed by atoms with E-state index in [0.29, 0.717) is 11.4 Å². The zero-order valence-electron chi connectivity index (χ0n) is 9.08. The minimum Gasteiger partial charge on any atom is -0.504 e. The van der Waals surface area contributed by atoms with E-state index in [9.17, 15) is 9.90 Å². The van der Waals surface area contributed by atoms with Gasteiger partial charge in [-0.1, -0.05) is 18.5 Å². The van der Waals surface area contributed by atoms with Gasteiger partial charge >= 0.3 is 5.97 Å². The minimum atomic E-state index is -1.05. The number of carboxylic acids is 1. The zero-order chi connectivity index (χ0) is 12.3. The molecule has 0 aliphatic carbocycles. The molecule has 0 aliphatic heterocycles. The Hall–Kier alpha value is -1.42. The molecular formula is C11H13ClO4. The number of benzene rings is 1. The number of rotatable bonds is 4. The van der Waals surface area contributed by atoms with Crippen molar-refractivity contribution >= 4 is 17.6 Å². The summed E-state index contributed by atoms with van der Waals surface area (Å²) in [7, 11) is 1.41. The van der Waals surface area contributed by atoms with Crippen LogP contribution in [0.25, 0.3) is 0 Å². The van der Waals surface area contributed by atoms with Gasteiger partial charge in [-0.25, -0.2) is 0 Å². The fourth-order valence-corrected chi connectivity index (χ4v) is 1.81. The molecule has 0 radical (unpaired) electrons. The van der Waals surface area contributed by atoms with Crippen LogP contribution in [0.3, 0.4) is 0 Å². The van der Waals surface area contributed by atoms with Crippen molar-refractivity contribution in [1.29, 1.82) is 0 Å². The topological polar surface area (TPSA) is 66.8 Å². The summed E-state index contributed by atoms with van der Waals surface area (Å²) in [6.45, 7) is 1.89. The fraction of sp³-hybridized carbons (Fsp3) is 0.364. The lowest BCUT2D eigenvalue weighted by atomic mass is 10.0. The van der Waals surface area contributed by atoms with Gasteiger partial charge in [-0.3, -0.25) is 4.79 Å². The van der Waals surface area contributed by atoms with Crippen molar-refractivity contribution in [3.63, 3.8) is 0 Å². The van der Waals surface area contributed by atoms with Crippen LogP contribution in [0.2, 0.25) is 5.02 Å². The van der Waals surface area contributed by atoms with Gasteiger partial charge in [-0.05, 0) is 18.1 Å². The standard InChI is InChI=1S/C11H13ClO4/c1-3-6-4-8(16-2)11(15)7(10(6)12)5-9(13)14/h4,15H,3,5H2,1-2H3,(H,13,14). The molecule has 0 fully saturated rings. The van der Waals surface area contributed by atoms with Crippen LogP contribution in [0.1, 0.15) is 18.1 Å². The number of carboxylic acid groups (broad SMARTS) is 1. The van der Waals surface area contributed by atoms with E-state index in [1.54, 1.807) is 6.07 Å². The number of aryl methyl sites for hydroxylation is 1. The number of aliphatic carboxylic acids is 1. The molecule has 0 aromatic heterocycles. The molecule has 88 valence electrons. The van der Waals surface area contributed by atoms with Gasteiger partial charge in [-0.15, -0.1) is 0 Å². The Bertz CT molecular complexity index is 387. The van der Waals surface area contributed by atoms with Crippen LogP contribution in [0.4, 0.5) is 0 Å². The highest BCUT2D eigenvalue weighted by molar-refractivity contribution is 6.32. The van der Waals surface area contributed by atoms with Gasteiger partial charge in [0.05, 0.1) is 18.6 Å². The minimum absolute atomic E-state index is 0.199. The fourth-order valence-electron chi connectivity index (χ4n) is 1.46. The molecule has 0 atom stereocenters. The quantitative estimate of drug-likeness (QED) is 0.853. The molecule has 0 spiro atoms. The highest BCUT2D eigenvalue weighted by Gasteiger charge is 2.18. The summed E-state index contributed by atoms with van der Waals surface area (Å²) >= 11 is 6.01. The first-order valence-electron chi connectivity index (χ1n) is 4.80. The molecule has 2 N–H and O–H groups in total. The van der Waals surface area contributed by atoms with E-state index in [4.69, 9.17) is 21.4 Å². The van der Waals surface area contributed by atoms with Crippen LogP contribution < -0.4 is 4.74 Å². The summed E-state index contributed by atoms with van der Waals surface area (Å²) in [6, 6.07) is 1.61. The predicted octanol–water partition coefficient (Wildman–Crippen LogP) is 2.24. The number of aromatic hydroxyl groups is 1. The Labute approximate surface area is 98.4 Å². The molecule has 0 unspecified atom stereocenters. The maximum atomic E-state index is 10.7. The highest BCUT2D eigenvalue weighted by Crippen LogP contribution is 2.38. The predicted molar refractivity (Wildman–Crippen MR) is 60.4 cm³/mol. The van der Waals surface area contributed by atoms with Gasteiger partial charge in [0.1, 0.15) is 0 Å². The molecular weight excluding hydrogens is 232 g/mol. The Morgan fingerprint density at radius 2 is 2.19 bits per heavy atom. The van der Waals surface area contributed by atoms with E-state index in [0.717, 1.165) is 5.56 Å². The molecule has 5 heteroatoms. The number of phenolic OH excluding ortho intramolecular Hbond substituents is 1. The molecule has 0 aliphatic rings. The number of carbonyl (C=O) groups is 1. The lowest BCUT2D eigenvalue weighted by Gasteiger charge is -2.13. The van der Waals surface area contributed by atoms with Gasteiger partial charge in [0.15, 0.2) is 11.5 Å². The summed E-state index contributed by atoms with van der Waals surface area (Å²) in [6.07, 6.45) is 0.316. The Kier molecular flexibility index (Phi) is 4.01. The van der Waals surface area contributed by atoms with Gasteiger partial charge in [-0.2, -0.15) is 0 Å². The largest absolute Gasteiger partial charge is 0.504 e. The molecule has 1 aromatic carbocycles.